The summed E-state index contributed by atoms with van der Waals surface area (Å²) < 4.78 is 49.8. The molecule has 0 saturated heterocycles. The maximum absolute atomic E-state index is 13.1. The molecule has 10 nitrogen and oxygen atoms in total. The summed E-state index contributed by atoms with van der Waals surface area (Å²) >= 11 is 0. The van der Waals surface area contributed by atoms with E-state index in [1.165, 1.54) is 0 Å². The molecule has 0 aliphatic rings. The minimum atomic E-state index is -3.66. The molecule has 0 rings (SSSR count). The SMILES string of the molecule is CCCC(=O)[Si](OCCOCCOC)(OCCOCCOC)OCC(CC)OCCOC. The van der Waals surface area contributed by atoms with Gasteiger partial charge in [0.1, 0.15) is 0 Å². The molecule has 0 N–H and O–H groups in total. The minimum absolute atomic E-state index is 0.152. The number of hydrogen-bond acceptors (Lipinski definition) is 10. The highest BCUT2D eigenvalue weighted by Gasteiger charge is 2.50. The van der Waals surface area contributed by atoms with Crippen LogP contribution >= 0.6 is 0 Å². The predicted molar refractivity (Wildman–Crippen MR) is 121 cm³/mol. The van der Waals surface area contributed by atoms with Crippen molar-refractivity contribution >= 4 is 14.2 Å². The Balaban J connectivity index is 5.07. The molecule has 0 amide bonds. The van der Waals surface area contributed by atoms with Gasteiger partial charge in [-0.2, -0.15) is 0 Å². The Hall–Kier alpha value is -0.473. The predicted octanol–water partition coefficient (Wildman–Crippen LogP) is 1.65. The van der Waals surface area contributed by atoms with Gasteiger partial charge in [0.2, 0.25) is 5.41 Å². The number of carbonyl (C=O) groups is 1. The number of carbonyl (C=O) groups excluding carboxylic acids is 1. The van der Waals surface area contributed by atoms with Crippen molar-refractivity contribution in [1.82, 2.24) is 0 Å². The van der Waals surface area contributed by atoms with Crippen molar-refractivity contribution in [2.24, 2.45) is 0 Å². The van der Waals surface area contributed by atoms with Gasteiger partial charge >= 0.3 is 8.80 Å². The highest BCUT2D eigenvalue weighted by atomic mass is 28.4. The Morgan fingerprint density at radius 2 is 1.19 bits per heavy atom. The molecule has 11 heteroatoms. The van der Waals surface area contributed by atoms with E-state index in [2.05, 4.69) is 0 Å². The molecule has 0 bridgehead atoms. The summed E-state index contributed by atoms with van der Waals surface area (Å²) in [6, 6.07) is 0. The van der Waals surface area contributed by atoms with Crippen LogP contribution < -0.4 is 0 Å². The van der Waals surface area contributed by atoms with Gasteiger partial charge in [0, 0.05) is 27.8 Å². The van der Waals surface area contributed by atoms with Crippen LogP contribution in [0.1, 0.15) is 33.1 Å². The Labute approximate surface area is 194 Å². The van der Waals surface area contributed by atoms with Crippen molar-refractivity contribution in [3.8, 4) is 0 Å². The first-order valence-corrected chi connectivity index (χ1v) is 13.0. The molecule has 0 heterocycles. The van der Waals surface area contributed by atoms with Crippen molar-refractivity contribution in [3.63, 3.8) is 0 Å². The molecule has 0 saturated carbocycles. The summed E-state index contributed by atoms with van der Waals surface area (Å²) in [6.07, 6.45) is 1.49. The van der Waals surface area contributed by atoms with E-state index in [1.54, 1.807) is 21.3 Å². The lowest BCUT2D eigenvalue weighted by Crippen LogP contribution is -2.56. The Morgan fingerprint density at radius 3 is 1.66 bits per heavy atom. The lowest BCUT2D eigenvalue weighted by molar-refractivity contribution is -0.121. The average Bonchev–Trinajstić information content (AvgIpc) is 2.80. The molecule has 0 fully saturated rings. The van der Waals surface area contributed by atoms with Gasteiger partial charge in [-0.15, -0.1) is 0 Å². The van der Waals surface area contributed by atoms with Crippen molar-refractivity contribution in [2.45, 2.75) is 39.2 Å². The fourth-order valence-corrected chi connectivity index (χ4v) is 4.89. The van der Waals surface area contributed by atoms with E-state index in [-0.39, 0.29) is 31.3 Å². The molecule has 0 spiro atoms. The molecule has 1 atom stereocenters. The summed E-state index contributed by atoms with van der Waals surface area (Å²) in [5.41, 5.74) is 0. The standard InChI is InChI=1S/C21H44O10Si/c1-6-8-21(22)32(29-17-14-26-12-9-23-3,30-18-15-27-13-10-24-4)31-19-20(7-2)28-16-11-25-5/h20H,6-19H2,1-5H3. The van der Waals surface area contributed by atoms with Gasteiger partial charge in [-0.25, -0.2) is 0 Å². The zero-order valence-corrected chi connectivity index (χ0v) is 21.6. The van der Waals surface area contributed by atoms with Crippen molar-refractivity contribution in [3.05, 3.63) is 0 Å². The Kier molecular flexibility index (Phi) is 22.0. The third-order valence-electron chi connectivity index (χ3n) is 4.28. The van der Waals surface area contributed by atoms with Gasteiger partial charge in [-0.1, -0.05) is 13.8 Å². The van der Waals surface area contributed by atoms with Crippen LogP contribution in [0.3, 0.4) is 0 Å². The van der Waals surface area contributed by atoms with Crippen LogP contribution in [0.2, 0.25) is 0 Å². The second-order valence-electron chi connectivity index (χ2n) is 6.84. The fraction of sp³-hybridized carbons (Fsp3) is 0.952. The van der Waals surface area contributed by atoms with Crippen LogP contribution in [0.25, 0.3) is 0 Å². The second-order valence-corrected chi connectivity index (χ2v) is 9.38. The molecule has 0 radical (unpaired) electrons. The lowest BCUT2D eigenvalue weighted by atomic mass is 10.3. The fourth-order valence-electron chi connectivity index (χ4n) is 2.49. The molecule has 0 aromatic rings. The zero-order chi connectivity index (χ0) is 23.9. The summed E-state index contributed by atoms with van der Waals surface area (Å²) in [5.74, 6) is 0. The third-order valence-corrected chi connectivity index (χ3v) is 6.93. The molecular weight excluding hydrogens is 440 g/mol. The maximum atomic E-state index is 13.1. The molecule has 32 heavy (non-hydrogen) atoms. The number of methoxy groups -OCH3 is 3. The van der Waals surface area contributed by atoms with E-state index < -0.39 is 8.80 Å². The lowest BCUT2D eigenvalue weighted by Gasteiger charge is -2.30. The van der Waals surface area contributed by atoms with E-state index in [0.29, 0.717) is 65.7 Å². The quantitative estimate of drug-likeness (QED) is 0.140. The monoisotopic (exact) mass is 484 g/mol. The zero-order valence-electron chi connectivity index (χ0n) is 20.6. The highest BCUT2D eigenvalue weighted by molar-refractivity contribution is 6.92. The first kappa shape index (κ1) is 31.5. The Bertz CT molecular complexity index is 411. The number of rotatable bonds is 25. The van der Waals surface area contributed by atoms with Gasteiger partial charge in [0.15, 0.2) is 0 Å². The third kappa shape index (κ3) is 15.4. The number of hydrogen-bond donors (Lipinski definition) is 0. The first-order chi connectivity index (χ1) is 15.6. The van der Waals surface area contributed by atoms with E-state index in [0.717, 1.165) is 6.42 Å². The van der Waals surface area contributed by atoms with Crippen LogP contribution in [0.5, 0.6) is 0 Å². The average molecular weight is 485 g/mol. The molecule has 0 aliphatic heterocycles. The summed E-state index contributed by atoms with van der Waals surface area (Å²) in [7, 11) is 1.18. The molecular formula is C21H44O10Si. The smallest absolute Gasteiger partial charge is 0.382 e. The normalized spacial score (nSPS) is 12.9. The highest BCUT2D eigenvalue weighted by Crippen LogP contribution is 2.17. The summed E-state index contributed by atoms with van der Waals surface area (Å²) in [6.45, 7) is 7.86. The van der Waals surface area contributed by atoms with Gasteiger partial charge < -0.3 is 41.7 Å². The molecule has 1 unspecified atom stereocenters. The van der Waals surface area contributed by atoms with Gasteiger partial charge in [-0.05, 0) is 12.8 Å². The number of ether oxygens (including phenoxy) is 6. The van der Waals surface area contributed by atoms with Gasteiger partial charge in [0.25, 0.3) is 0 Å². The van der Waals surface area contributed by atoms with E-state index in [4.69, 9.17) is 41.7 Å². The van der Waals surface area contributed by atoms with Gasteiger partial charge in [0.05, 0.1) is 78.8 Å². The topological polar surface area (TPSA) is 100 Å². The van der Waals surface area contributed by atoms with Crippen LogP contribution in [0.15, 0.2) is 0 Å². The molecule has 0 aromatic heterocycles. The minimum Gasteiger partial charge on any atom is -0.382 e. The first-order valence-electron chi connectivity index (χ1n) is 11.3. The second kappa shape index (κ2) is 22.3. The molecule has 0 aromatic carbocycles. The Morgan fingerprint density at radius 1 is 0.688 bits per heavy atom. The summed E-state index contributed by atoms with van der Waals surface area (Å²) in [5, 5.41) is -0.152. The van der Waals surface area contributed by atoms with Crippen molar-refractivity contribution in [1.29, 1.82) is 0 Å². The summed E-state index contributed by atoms with van der Waals surface area (Å²) in [4.78, 5) is 13.1. The van der Waals surface area contributed by atoms with Crippen LogP contribution in [-0.2, 0) is 46.5 Å². The largest absolute Gasteiger partial charge is 0.575 e. The molecule has 192 valence electrons. The van der Waals surface area contributed by atoms with Crippen LogP contribution in [0, 0.1) is 0 Å². The maximum Gasteiger partial charge on any atom is 0.575 e. The van der Waals surface area contributed by atoms with E-state index in [9.17, 15) is 4.79 Å². The van der Waals surface area contributed by atoms with Gasteiger partial charge in [-0.3, -0.25) is 4.79 Å². The van der Waals surface area contributed by atoms with E-state index in [1.807, 2.05) is 13.8 Å². The van der Waals surface area contributed by atoms with Crippen molar-refractivity contribution in [2.75, 3.05) is 94.0 Å². The van der Waals surface area contributed by atoms with Crippen LogP contribution in [0.4, 0.5) is 0 Å². The molecule has 0 aliphatic carbocycles. The van der Waals surface area contributed by atoms with Crippen LogP contribution in [-0.4, -0.2) is 114 Å². The van der Waals surface area contributed by atoms with Crippen molar-refractivity contribution < 1.29 is 46.5 Å². The van der Waals surface area contributed by atoms with E-state index >= 15 is 0 Å².